The Bertz CT molecular complexity index is 4180. The zero-order chi connectivity index (χ0) is 42.6. The Labute approximate surface area is 373 Å². The van der Waals surface area contributed by atoms with Crippen molar-refractivity contribution in [3.8, 4) is 39.7 Å². The zero-order valence-electron chi connectivity index (χ0n) is 35.1. The van der Waals surface area contributed by atoms with Crippen LogP contribution in [0.15, 0.2) is 224 Å². The molecule has 0 aliphatic rings. The highest BCUT2D eigenvalue weighted by Gasteiger charge is 2.20. The van der Waals surface area contributed by atoms with Crippen molar-refractivity contribution in [3.63, 3.8) is 0 Å². The first kappa shape index (κ1) is 35.8. The van der Waals surface area contributed by atoms with E-state index in [0.717, 1.165) is 66.5 Å². The minimum absolute atomic E-state index is 0.657. The number of nitrogens with zero attached hydrogens (tertiary/aromatic N) is 5. The van der Waals surface area contributed by atoms with Gasteiger partial charge in [-0.2, -0.15) is 0 Å². The van der Waals surface area contributed by atoms with E-state index in [1.807, 2.05) is 12.1 Å². The van der Waals surface area contributed by atoms with E-state index in [0.29, 0.717) is 5.95 Å². The van der Waals surface area contributed by atoms with Crippen LogP contribution in [-0.2, 0) is 0 Å². The molecule has 0 saturated heterocycles. The Morgan fingerprint density at radius 2 is 0.800 bits per heavy atom. The number of aromatic nitrogens is 5. The van der Waals surface area contributed by atoms with Gasteiger partial charge in [-0.05, 0) is 101 Å². The van der Waals surface area contributed by atoms with E-state index in [2.05, 4.69) is 226 Å². The quantitative estimate of drug-likeness (QED) is 0.173. The van der Waals surface area contributed by atoms with Crippen molar-refractivity contribution in [3.05, 3.63) is 224 Å². The zero-order valence-corrected chi connectivity index (χ0v) is 35.1. The van der Waals surface area contributed by atoms with Crippen molar-refractivity contribution < 1.29 is 0 Å². The highest BCUT2D eigenvalue weighted by atomic mass is 15.2. The van der Waals surface area contributed by atoms with E-state index >= 15 is 0 Å². The Morgan fingerprint density at radius 1 is 0.277 bits per heavy atom. The summed E-state index contributed by atoms with van der Waals surface area (Å²) in [5.74, 6) is 0.657. The van der Waals surface area contributed by atoms with Gasteiger partial charge in [0.15, 0.2) is 0 Å². The molecular weight excluding hydrogens is 791 g/mol. The number of fused-ring (bicyclic) bond motifs is 12. The van der Waals surface area contributed by atoms with Crippen LogP contribution in [0.4, 0.5) is 0 Å². The van der Waals surface area contributed by atoms with Crippen molar-refractivity contribution in [2.45, 2.75) is 0 Å². The van der Waals surface area contributed by atoms with Crippen LogP contribution in [0, 0.1) is 0 Å². The maximum atomic E-state index is 5.30. The lowest BCUT2D eigenvalue weighted by Gasteiger charge is -2.12. The average Bonchev–Trinajstić information content (AvgIpc) is 4.02. The van der Waals surface area contributed by atoms with E-state index < -0.39 is 0 Å². The Hall–Kier alpha value is -8.80. The fourth-order valence-electron chi connectivity index (χ4n) is 10.6. The molecule has 0 aliphatic heterocycles. The minimum atomic E-state index is 0.657. The number of para-hydroxylation sites is 5. The monoisotopic (exact) mass is 827 g/mol. The third-order valence-corrected chi connectivity index (χ3v) is 13.4. The lowest BCUT2D eigenvalue weighted by molar-refractivity contribution is 1.01. The van der Waals surface area contributed by atoms with Crippen LogP contribution in [0.25, 0.3) is 127 Å². The second-order valence-electron chi connectivity index (χ2n) is 17.0. The maximum Gasteiger partial charge on any atom is 0.235 e. The fourth-order valence-corrected chi connectivity index (χ4v) is 10.6. The van der Waals surface area contributed by atoms with Gasteiger partial charge in [0.25, 0.3) is 0 Å². The summed E-state index contributed by atoms with van der Waals surface area (Å²) < 4.78 is 7.05. The molecule has 0 aliphatic carbocycles. The van der Waals surface area contributed by atoms with Crippen LogP contribution in [-0.4, -0.2) is 23.7 Å². The molecule has 0 atom stereocenters. The molecule has 5 heteroatoms. The minimum Gasteiger partial charge on any atom is -0.309 e. The summed E-state index contributed by atoms with van der Waals surface area (Å²) >= 11 is 0. The summed E-state index contributed by atoms with van der Waals surface area (Å²) in [6, 6.07) is 80.9. The van der Waals surface area contributed by atoms with Gasteiger partial charge in [-0.25, -0.2) is 9.97 Å². The second kappa shape index (κ2) is 13.9. The highest BCUT2D eigenvalue weighted by Crippen LogP contribution is 2.42. The molecule has 302 valence electrons. The van der Waals surface area contributed by atoms with Gasteiger partial charge in [0.2, 0.25) is 5.95 Å². The molecule has 0 N–H and O–H groups in total. The van der Waals surface area contributed by atoms with Crippen LogP contribution < -0.4 is 0 Å². The highest BCUT2D eigenvalue weighted by molar-refractivity contribution is 6.22. The molecule has 0 amide bonds. The molecule has 0 unspecified atom stereocenters. The number of benzene rings is 10. The number of rotatable bonds is 5. The van der Waals surface area contributed by atoms with Gasteiger partial charge >= 0.3 is 0 Å². The molecule has 14 rings (SSSR count). The lowest BCUT2D eigenvalue weighted by atomic mass is 9.98. The Balaban J connectivity index is 0.970. The SMILES string of the molecule is c1ccc(-c2nc(-n3c4ccccc4c4cc(-c5ccc6c(c5)c5c7ccc(-n8c9ccccc9c9ccccc98)cc7ccc5n6-c5ccccc5)ccc43)nc3ccccc23)cc1. The lowest BCUT2D eigenvalue weighted by Crippen LogP contribution is -2.03. The van der Waals surface area contributed by atoms with Crippen LogP contribution in [0.3, 0.4) is 0 Å². The summed E-state index contributed by atoms with van der Waals surface area (Å²) in [7, 11) is 0. The summed E-state index contributed by atoms with van der Waals surface area (Å²) in [6.45, 7) is 0. The smallest absolute Gasteiger partial charge is 0.235 e. The van der Waals surface area contributed by atoms with Gasteiger partial charge in [-0.1, -0.05) is 146 Å². The van der Waals surface area contributed by atoms with Gasteiger partial charge in [-0.15, -0.1) is 0 Å². The van der Waals surface area contributed by atoms with Gasteiger partial charge in [0.05, 0.1) is 44.3 Å². The standard InChI is InChI=1S/C60H37N5/c1-3-15-38(16-4-1)59-48-22-7-11-23-51(48)61-60(62-59)65-54-26-14-10-21-47(54)49-36-39(27-32-55(49)65)40-28-33-56-50(37-40)58-44-31-30-43(35-41(44)29-34-57(58)63(56)42-17-5-2-6-18-42)64-52-24-12-8-19-45(52)46-20-9-13-25-53(46)64/h1-37H. The molecule has 4 heterocycles. The third kappa shape index (κ3) is 5.33. The second-order valence-corrected chi connectivity index (χ2v) is 17.0. The molecule has 0 fully saturated rings. The van der Waals surface area contributed by atoms with Crippen LogP contribution in [0.5, 0.6) is 0 Å². The van der Waals surface area contributed by atoms with Crippen molar-refractivity contribution in [2.24, 2.45) is 0 Å². The fraction of sp³-hybridized carbons (Fsp3) is 0. The predicted molar refractivity (Wildman–Crippen MR) is 271 cm³/mol. The van der Waals surface area contributed by atoms with Crippen LogP contribution in [0.1, 0.15) is 0 Å². The van der Waals surface area contributed by atoms with Crippen molar-refractivity contribution >= 4 is 87.1 Å². The normalized spacial score (nSPS) is 12.0. The Morgan fingerprint density at radius 3 is 1.51 bits per heavy atom. The largest absolute Gasteiger partial charge is 0.309 e. The van der Waals surface area contributed by atoms with Crippen LogP contribution in [0.2, 0.25) is 0 Å². The van der Waals surface area contributed by atoms with E-state index in [4.69, 9.17) is 9.97 Å². The van der Waals surface area contributed by atoms with Crippen molar-refractivity contribution in [2.75, 3.05) is 0 Å². The molecule has 0 bridgehead atoms. The Kier molecular flexibility index (Phi) is 7.62. The molecule has 10 aromatic carbocycles. The molecule has 0 saturated carbocycles. The van der Waals surface area contributed by atoms with E-state index in [1.54, 1.807) is 0 Å². The van der Waals surface area contributed by atoms with Gasteiger partial charge in [-0.3, -0.25) is 4.57 Å². The number of hydrogen-bond donors (Lipinski definition) is 0. The topological polar surface area (TPSA) is 40.6 Å². The molecule has 14 aromatic rings. The summed E-state index contributed by atoms with van der Waals surface area (Å²) in [6.07, 6.45) is 0. The van der Waals surface area contributed by atoms with Gasteiger partial charge in [0, 0.05) is 54.6 Å². The molecule has 4 aromatic heterocycles. The van der Waals surface area contributed by atoms with Crippen molar-refractivity contribution in [1.29, 1.82) is 0 Å². The molecule has 5 nitrogen and oxygen atoms in total. The summed E-state index contributed by atoms with van der Waals surface area (Å²) in [5.41, 5.74) is 14.4. The molecule has 0 spiro atoms. The van der Waals surface area contributed by atoms with E-state index in [-0.39, 0.29) is 0 Å². The third-order valence-electron chi connectivity index (χ3n) is 13.4. The summed E-state index contributed by atoms with van der Waals surface area (Å²) in [4.78, 5) is 10.5. The van der Waals surface area contributed by atoms with E-state index in [1.165, 1.54) is 54.4 Å². The maximum absolute atomic E-state index is 5.30. The molecule has 0 radical (unpaired) electrons. The first-order valence-electron chi connectivity index (χ1n) is 22.2. The first-order chi connectivity index (χ1) is 32.2. The van der Waals surface area contributed by atoms with Crippen molar-refractivity contribution in [1.82, 2.24) is 23.7 Å². The summed E-state index contributed by atoms with van der Waals surface area (Å²) in [5, 5.41) is 10.8. The average molecular weight is 828 g/mol. The van der Waals surface area contributed by atoms with E-state index in [9.17, 15) is 0 Å². The van der Waals surface area contributed by atoms with Gasteiger partial charge < -0.3 is 9.13 Å². The van der Waals surface area contributed by atoms with Gasteiger partial charge in [0.1, 0.15) is 0 Å². The van der Waals surface area contributed by atoms with Crippen LogP contribution >= 0.6 is 0 Å². The predicted octanol–water partition coefficient (Wildman–Crippen LogP) is 15.4. The molecule has 65 heavy (non-hydrogen) atoms. The number of hydrogen-bond acceptors (Lipinski definition) is 2. The first-order valence-corrected chi connectivity index (χ1v) is 22.2. The molecular formula is C60H37N5.